The fourth-order valence-electron chi connectivity index (χ4n) is 2.59. The van der Waals surface area contributed by atoms with Crippen LogP contribution in [-0.4, -0.2) is 27.8 Å². The molecule has 2 heterocycles. The molecule has 1 amide bonds. The normalized spacial score (nSPS) is 16.1. The molecule has 106 valence electrons. The lowest BCUT2D eigenvalue weighted by Gasteiger charge is -2.36. The standard InChI is InChI=1S/C14H24N4O/c1-6-7-10-12-13(17(5)16-10)18(14(2,3)4)9-8-11(19)15-12/h6-9H2,1-5H3,(H,15,19). The second-order valence-corrected chi connectivity index (χ2v) is 6.14. The van der Waals surface area contributed by atoms with Crippen LogP contribution in [0.3, 0.4) is 0 Å². The van der Waals surface area contributed by atoms with Crippen molar-refractivity contribution < 1.29 is 4.79 Å². The lowest BCUT2D eigenvalue weighted by atomic mass is 10.1. The third-order valence-electron chi connectivity index (χ3n) is 3.47. The van der Waals surface area contributed by atoms with Gasteiger partial charge in [-0.1, -0.05) is 13.3 Å². The highest BCUT2D eigenvalue weighted by molar-refractivity contribution is 5.96. The fraction of sp³-hybridized carbons (Fsp3) is 0.714. The number of rotatable bonds is 2. The first kappa shape index (κ1) is 13.9. The van der Waals surface area contributed by atoms with Gasteiger partial charge in [-0.3, -0.25) is 9.48 Å². The summed E-state index contributed by atoms with van der Waals surface area (Å²) in [5, 5.41) is 7.62. The molecule has 0 aliphatic carbocycles. The Hall–Kier alpha value is -1.52. The maximum absolute atomic E-state index is 11.9. The largest absolute Gasteiger partial charge is 0.350 e. The zero-order chi connectivity index (χ0) is 14.2. The molecule has 0 saturated carbocycles. The molecule has 5 heteroatoms. The second-order valence-electron chi connectivity index (χ2n) is 6.14. The SMILES string of the molecule is CCCc1nn(C)c2c1NC(=O)CCN2C(C)(C)C. The maximum Gasteiger partial charge on any atom is 0.226 e. The van der Waals surface area contributed by atoms with Crippen molar-refractivity contribution in [3.8, 4) is 0 Å². The fourth-order valence-corrected chi connectivity index (χ4v) is 2.59. The molecule has 0 spiro atoms. The van der Waals surface area contributed by atoms with Crippen LogP contribution < -0.4 is 10.2 Å². The van der Waals surface area contributed by atoms with Gasteiger partial charge < -0.3 is 10.2 Å². The molecule has 1 N–H and O–H groups in total. The molecule has 2 rings (SSSR count). The number of nitrogens with zero attached hydrogens (tertiary/aromatic N) is 3. The first-order valence-electron chi connectivity index (χ1n) is 6.98. The average molecular weight is 264 g/mol. The first-order chi connectivity index (χ1) is 8.84. The monoisotopic (exact) mass is 264 g/mol. The Morgan fingerprint density at radius 3 is 2.63 bits per heavy atom. The minimum Gasteiger partial charge on any atom is -0.350 e. The van der Waals surface area contributed by atoms with Crippen LogP contribution in [0.15, 0.2) is 0 Å². The van der Waals surface area contributed by atoms with E-state index >= 15 is 0 Å². The maximum atomic E-state index is 11.9. The van der Waals surface area contributed by atoms with E-state index in [0.717, 1.165) is 36.6 Å². The quantitative estimate of drug-likeness (QED) is 0.892. The summed E-state index contributed by atoms with van der Waals surface area (Å²) in [6, 6.07) is 0. The molecule has 0 unspecified atom stereocenters. The van der Waals surface area contributed by atoms with Crippen LogP contribution in [-0.2, 0) is 18.3 Å². The van der Waals surface area contributed by atoms with E-state index in [1.807, 2.05) is 11.7 Å². The Bertz CT molecular complexity index is 484. The van der Waals surface area contributed by atoms with E-state index in [1.165, 1.54) is 0 Å². The molecule has 0 atom stereocenters. The molecule has 0 saturated heterocycles. The summed E-state index contributed by atoms with van der Waals surface area (Å²) in [4.78, 5) is 14.2. The van der Waals surface area contributed by atoms with Crippen molar-refractivity contribution >= 4 is 17.4 Å². The number of aryl methyl sites for hydroxylation is 2. The Balaban J connectivity index is 2.54. The number of nitrogens with one attached hydrogen (secondary N) is 1. The molecular weight excluding hydrogens is 240 g/mol. The van der Waals surface area contributed by atoms with Crippen LogP contribution in [0.2, 0.25) is 0 Å². The van der Waals surface area contributed by atoms with Gasteiger partial charge >= 0.3 is 0 Å². The van der Waals surface area contributed by atoms with Crippen molar-refractivity contribution in [3.63, 3.8) is 0 Å². The molecule has 0 aromatic carbocycles. The van der Waals surface area contributed by atoms with Gasteiger partial charge in [0.25, 0.3) is 0 Å². The van der Waals surface area contributed by atoms with E-state index in [-0.39, 0.29) is 11.4 Å². The molecule has 0 radical (unpaired) electrons. The van der Waals surface area contributed by atoms with Gasteiger partial charge in [0.05, 0.1) is 5.69 Å². The summed E-state index contributed by atoms with van der Waals surface area (Å²) in [6.45, 7) is 9.35. The number of carbonyl (C=O) groups is 1. The summed E-state index contributed by atoms with van der Waals surface area (Å²) in [6.07, 6.45) is 2.44. The van der Waals surface area contributed by atoms with Gasteiger partial charge in [-0.15, -0.1) is 0 Å². The molecule has 1 aromatic rings. The van der Waals surface area contributed by atoms with Crippen LogP contribution in [0, 0.1) is 0 Å². The van der Waals surface area contributed by atoms with Crippen LogP contribution >= 0.6 is 0 Å². The van der Waals surface area contributed by atoms with Gasteiger partial charge in [0.1, 0.15) is 5.69 Å². The van der Waals surface area contributed by atoms with Gasteiger partial charge in [-0.05, 0) is 27.2 Å². The van der Waals surface area contributed by atoms with Crippen LogP contribution in [0.25, 0.3) is 0 Å². The minimum atomic E-state index is -0.0294. The lowest BCUT2D eigenvalue weighted by molar-refractivity contribution is -0.116. The molecule has 1 aliphatic heterocycles. The van der Waals surface area contributed by atoms with Gasteiger partial charge in [0.2, 0.25) is 5.91 Å². The average Bonchev–Trinajstić information content (AvgIpc) is 2.47. The van der Waals surface area contributed by atoms with Gasteiger partial charge in [0, 0.05) is 25.6 Å². The molecule has 0 fully saturated rings. The highest BCUT2D eigenvalue weighted by Crippen LogP contribution is 2.36. The van der Waals surface area contributed by atoms with Crippen molar-refractivity contribution in [3.05, 3.63) is 5.69 Å². The van der Waals surface area contributed by atoms with E-state index in [0.29, 0.717) is 6.42 Å². The van der Waals surface area contributed by atoms with Crippen LogP contribution in [0.1, 0.15) is 46.2 Å². The van der Waals surface area contributed by atoms with E-state index in [2.05, 4.69) is 43.0 Å². The number of hydrogen-bond donors (Lipinski definition) is 1. The second kappa shape index (κ2) is 4.87. The zero-order valence-electron chi connectivity index (χ0n) is 12.6. The number of anilines is 2. The van der Waals surface area contributed by atoms with Crippen molar-refractivity contribution in [2.75, 3.05) is 16.8 Å². The number of carbonyl (C=O) groups excluding carboxylic acids is 1. The molecular formula is C14H24N4O. The van der Waals surface area contributed by atoms with Crippen LogP contribution in [0.5, 0.6) is 0 Å². The number of hydrogen-bond acceptors (Lipinski definition) is 3. The topological polar surface area (TPSA) is 50.2 Å². The summed E-state index contributed by atoms with van der Waals surface area (Å²) in [5.41, 5.74) is 1.87. The van der Waals surface area contributed by atoms with Crippen molar-refractivity contribution in [1.82, 2.24) is 9.78 Å². The van der Waals surface area contributed by atoms with E-state index in [1.54, 1.807) is 0 Å². The third-order valence-corrected chi connectivity index (χ3v) is 3.47. The number of fused-ring (bicyclic) bond motifs is 1. The predicted octanol–water partition coefficient (Wildman–Crippen LogP) is 2.32. The molecule has 1 aromatic heterocycles. The highest BCUT2D eigenvalue weighted by Gasteiger charge is 2.32. The van der Waals surface area contributed by atoms with Crippen molar-refractivity contribution in [1.29, 1.82) is 0 Å². The van der Waals surface area contributed by atoms with Gasteiger partial charge in [-0.2, -0.15) is 5.10 Å². The first-order valence-corrected chi connectivity index (χ1v) is 6.98. The van der Waals surface area contributed by atoms with E-state index in [4.69, 9.17) is 0 Å². The Kier molecular flexibility index (Phi) is 3.56. The Morgan fingerprint density at radius 1 is 1.37 bits per heavy atom. The summed E-state index contributed by atoms with van der Waals surface area (Å²) in [5.74, 6) is 1.11. The smallest absolute Gasteiger partial charge is 0.226 e. The number of aromatic nitrogens is 2. The highest BCUT2D eigenvalue weighted by atomic mass is 16.1. The summed E-state index contributed by atoms with van der Waals surface area (Å²) >= 11 is 0. The molecule has 1 aliphatic rings. The zero-order valence-corrected chi connectivity index (χ0v) is 12.6. The van der Waals surface area contributed by atoms with Gasteiger partial charge in [-0.25, -0.2) is 0 Å². The predicted molar refractivity (Wildman–Crippen MR) is 77.5 cm³/mol. The summed E-state index contributed by atoms with van der Waals surface area (Å²) < 4.78 is 1.90. The molecule has 5 nitrogen and oxygen atoms in total. The Morgan fingerprint density at radius 2 is 2.05 bits per heavy atom. The molecule has 0 bridgehead atoms. The van der Waals surface area contributed by atoms with Crippen molar-refractivity contribution in [2.24, 2.45) is 7.05 Å². The Labute approximate surface area is 115 Å². The third kappa shape index (κ3) is 2.60. The number of amides is 1. The van der Waals surface area contributed by atoms with Crippen LogP contribution in [0.4, 0.5) is 11.5 Å². The van der Waals surface area contributed by atoms with E-state index in [9.17, 15) is 4.79 Å². The summed E-state index contributed by atoms with van der Waals surface area (Å²) in [7, 11) is 1.95. The van der Waals surface area contributed by atoms with Crippen molar-refractivity contribution in [2.45, 2.75) is 52.5 Å². The van der Waals surface area contributed by atoms with Gasteiger partial charge in [0.15, 0.2) is 5.82 Å². The molecule has 19 heavy (non-hydrogen) atoms. The minimum absolute atomic E-state index is 0.0294. The lowest BCUT2D eigenvalue weighted by Crippen LogP contribution is -2.43. The van der Waals surface area contributed by atoms with E-state index < -0.39 is 0 Å².